The molecule has 0 saturated carbocycles. The van der Waals surface area contributed by atoms with E-state index < -0.39 is 6.04 Å². The number of rotatable bonds is 4. The fourth-order valence-electron chi connectivity index (χ4n) is 5.05. The van der Waals surface area contributed by atoms with E-state index in [1.165, 1.54) is 16.8 Å². The summed E-state index contributed by atoms with van der Waals surface area (Å²) in [4.78, 5) is 43.0. The molecule has 5 rings (SSSR count). The number of aryl methyl sites for hydroxylation is 1. The van der Waals surface area contributed by atoms with Gasteiger partial charge in [0.1, 0.15) is 6.04 Å². The van der Waals surface area contributed by atoms with E-state index in [4.69, 9.17) is 11.6 Å². The molecule has 1 atom stereocenters. The smallest absolute Gasteiger partial charge is 0.255 e. The van der Waals surface area contributed by atoms with Gasteiger partial charge < -0.3 is 9.80 Å². The first-order valence-electron chi connectivity index (χ1n) is 11.4. The van der Waals surface area contributed by atoms with E-state index in [1.54, 1.807) is 4.90 Å². The van der Waals surface area contributed by atoms with Crippen molar-refractivity contribution in [3.63, 3.8) is 0 Å². The number of imide groups is 1. The highest BCUT2D eigenvalue weighted by molar-refractivity contribution is 6.30. The molecule has 2 aromatic rings. The maximum atomic E-state index is 12.9. The summed E-state index contributed by atoms with van der Waals surface area (Å²) in [6.45, 7) is 7.12. The Kier molecular flexibility index (Phi) is 5.85. The van der Waals surface area contributed by atoms with Crippen LogP contribution < -0.4 is 10.2 Å². The van der Waals surface area contributed by atoms with Gasteiger partial charge >= 0.3 is 0 Å². The minimum atomic E-state index is -0.575. The molecule has 0 spiro atoms. The predicted molar refractivity (Wildman–Crippen MR) is 126 cm³/mol. The Labute approximate surface area is 198 Å². The minimum absolute atomic E-state index is 0.128. The number of fused-ring (bicyclic) bond motifs is 1. The molecule has 2 saturated heterocycles. The van der Waals surface area contributed by atoms with Gasteiger partial charge in [-0.3, -0.25) is 24.6 Å². The minimum Gasteiger partial charge on any atom is -0.369 e. The van der Waals surface area contributed by atoms with Crippen molar-refractivity contribution >= 4 is 35.0 Å². The molecule has 1 unspecified atom stereocenters. The number of anilines is 1. The lowest BCUT2D eigenvalue weighted by molar-refractivity contribution is -0.136. The van der Waals surface area contributed by atoms with Crippen LogP contribution in [0.4, 0.5) is 5.69 Å². The third kappa shape index (κ3) is 4.35. The van der Waals surface area contributed by atoms with Crippen LogP contribution in [0.25, 0.3) is 0 Å². The zero-order valence-electron chi connectivity index (χ0n) is 18.6. The van der Waals surface area contributed by atoms with Gasteiger partial charge in [-0.2, -0.15) is 0 Å². The van der Waals surface area contributed by atoms with Crippen LogP contribution in [0.3, 0.4) is 0 Å². The SMILES string of the molecule is Cc1ccc(Cl)cc1N1CCN(Cc2ccc3c(c2)CN(C2CCC(=O)NC2=O)C3=O)CC1. The third-order valence-electron chi connectivity index (χ3n) is 6.88. The van der Waals surface area contributed by atoms with E-state index in [0.717, 1.165) is 43.3 Å². The first-order valence-corrected chi connectivity index (χ1v) is 11.8. The Morgan fingerprint density at radius 3 is 2.58 bits per heavy atom. The van der Waals surface area contributed by atoms with Crippen molar-refractivity contribution < 1.29 is 14.4 Å². The summed E-state index contributed by atoms with van der Waals surface area (Å²) in [7, 11) is 0. The molecule has 7 nitrogen and oxygen atoms in total. The van der Waals surface area contributed by atoms with Crippen LogP contribution in [-0.4, -0.2) is 59.7 Å². The van der Waals surface area contributed by atoms with Gasteiger partial charge in [0.25, 0.3) is 5.91 Å². The third-order valence-corrected chi connectivity index (χ3v) is 7.11. The quantitative estimate of drug-likeness (QED) is 0.701. The fraction of sp³-hybridized carbons (Fsp3) is 0.400. The molecule has 0 bridgehead atoms. The van der Waals surface area contributed by atoms with Gasteiger partial charge in [-0.1, -0.05) is 29.8 Å². The lowest BCUT2D eigenvalue weighted by atomic mass is 10.0. The molecule has 3 amide bonds. The number of hydrogen-bond donors (Lipinski definition) is 1. The number of benzene rings is 2. The van der Waals surface area contributed by atoms with Crippen LogP contribution >= 0.6 is 11.6 Å². The van der Waals surface area contributed by atoms with Crippen LogP contribution in [-0.2, 0) is 22.7 Å². The topological polar surface area (TPSA) is 73.0 Å². The summed E-state index contributed by atoms with van der Waals surface area (Å²) >= 11 is 6.20. The lowest BCUT2D eigenvalue weighted by Crippen LogP contribution is -2.52. The fourth-order valence-corrected chi connectivity index (χ4v) is 5.22. The zero-order chi connectivity index (χ0) is 23.1. The molecule has 1 N–H and O–H groups in total. The highest BCUT2D eigenvalue weighted by atomic mass is 35.5. The van der Waals surface area contributed by atoms with E-state index >= 15 is 0 Å². The van der Waals surface area contributed by atoms with Crippen LogP contribution in [0.1, 0.15) is 39.9 Å². The van der Waals surface area contributed by atoms with Crippen LogP contribution in [0.2, 0.25) is 5.02 Å². The Bertz CT molecular complexity index is 1130. The molecular weight excluding hydrogens is 440 g/mol. The van der Waals surface area contributed by atoms with Crippen molar-refractivity contribution in [2.24, 2.45) is 0 Å². The summed E-state index contributed by atoms with van der Waals surface area (Å²) in [5.41, 5.74) is 5.21. The van der Waals surface area contributed by atoms with Gasteiger partial charge in [0.2, 0.25) is 11.8 Å². The number of piperidine rings is 1. The molecule has 3 aliphatic heterocycles. The second kappa shape index (κ2) is 8.80. The normalized spacial score (nSPS) is 21.4. The number of nitrogens with zero attached hydrogens (tertiary/aromatic N) is 3. The summed E-state index contributed by atoms with van der Waals surface area (Å²) < 4.78 is 0. The van der Waals surface area contributed by atoms with Crippen molar-refractivity contribution in [2.75, 3.05) is 31.1 Å². The maximum Gasteiger partial charge on any atom is 0.255 e. The Morgan fingerprint density at radius 2 is 1.82 bits per heavy atom. The number of piperazine rings is 1. The van der Waals surface area contributed by atoms with Gasteiger partial charge in [-0.15, -0.1) is 0 Å². The molecule has 0 aliphatic carbocycles. The largest absolute Gasteiger partial charge is 0.369 e. The zero-order valence-corrected chi connectivity index (χ0v) is 19.4. The summed E-state index contributed by atoms with van der Waals surface area (Å²) in [5.74, 6) is -0.773. The first-order chi connectivity index (χ1) is 15.9. The molecule has 172 valence electrons. The molecule has 33 heavy (non-hydrogen) atoms. The monoisotopic (exact) mass is 466 g/mol. The molecule has 0 aromatic heterocycles. The van der Waals surface area contributed by atoms with Crippen molar-refractivity contribution in [2.45, 2.75) is 38.9 Å². The van der Waals surface area contributed by atoms with E-state index in [0.29, 0.717) is 18.5 Å². The Hall–Kier alpha value is -2.90. The number of hydrogen-bond acceptors (Lipinski definition) is 5. The van der Waals surface area contributed by atoms with Crippen molar-refractivity contribution in [3.05, 3.63) is 63.7 Å². The summed E-state index contributed by atoms with van der Waals surface area (Å²) in [6, 6.07) is 11.4. The van der Waals surface area contributed by atoms with Crippen molar-refractivity contribution in [1.29, 1.82) is 0 Å². The van der Waals surface area contributed by atoms with E-state index in [9.17, 15) is 14.4 Å². The number of carbonyl (C=O) groups excluding carboxylic acids is 3. The van der Waals surface area contributed by atoms with Crippen LogP contribution in [0.15, 0.2) is 36.4 Å². The molecule has 8 heteroatoms. The van der Waals surface area contributed by atoms with E-state index in [1.807, 2.05) is 24.3 Å². The van der Waals surface area contributed by atoms with Gasteiger partial charge in [-0.25, -0.2) is 0 Å². The lowest BCUT2D eigenvalue weighted by Gasteiger charge is -2.37. The van der Waals surface area contributed by atoms with Gasteiger partial charge in [-0.05, 0) is 48.2 Å². The first kappa shape index (κ1) is 21.9. The maximum absolute atomic E-state index is 12.9. The molecule has 3 heterocycles. The summed E-state index contributed by atoms with van der Waals surface area (Å²) in [5, 5.41) is 3.11. The average Bonchev–Trinajstić information content (AvgIpc) is 3.11. The number of nitrogens with one attached hydrogen (secondary N) is 1. The second-order valence-corrected chi connectivity index (χ2v) is 9.52. The van der Waals surface area contributed by atoms with Crippen LogP contribution in [0, 0.1) is 6.92 Å². The van der Waals surface area contributed by atoms with E-state index in [2.05, 4.69) is 34.2 Å². The second-order valence-electron chi connectivity index (χ2n) is 9.09. The number of amides is 3. The summed E-state index contributed by atoms with van der Waals surface area (Å²) in [6.07, 6.45) is 0.649. The van der Waals surface area contributed by atoms with Crippen molar-refractivity contribution in [3.8, 4) is 0 Å². The number of halogens is 1. The Balaban J connectivity index is 1.22. The standard InChI is InChI=1S/C25H27ClN4O3/c1-16-2-4-19(26)13-22(16)29-10-8-28(9-11-29)14-17-3-5-20-18(12-17)15-30(25(20)33)21-6-7-23(31)27-24(21)32/h2-5,12-13,21H,6-11,14-15H2,1H3,(H,27,31,32). The molecule has 2 fully saturated rings. The number of carbonyl (C=O) groups is 3. The predicted octanol–water partition coefficient (Wildman–Crippen LogP) is 2.73. The van der Waals surface area contributed by atoms with Crippen molar-refractivity contribution in [1.82, 2.24) is 15.1 Å². The molecule has 0 radical (unpaired) electrons. The molecular formula is C25H27ClN4O3. The van der Waals surface area contributed by atoms with Gasteiger partial charge in [0.05, 0.1) is 0 Å². The average molecular weight is 467 g/mol. The molecule has 2 aromatic carbocycles. The highest BCUT2D eigenvalue weighted by Gasteiger charge is 2.39. The van der Waals surface area contributed by atoms with Crippen LogP contribution in [0.5, 0.6) is 0 Å². The van der Waals surface area contributed by atoms with E-state index in [-0.39, 0.29) is 24.1 Å². The highest BCUT2D eigenvalue weighted by Crippen LogP contribution is 2.29. The molecule has 3 aliphatic rings. The Morgan fingerprint density at radius 1 is 1.03 bits per heavy atom. The van der Waals surface area contributed by atoms with Gasteiger partial charge in [0, 0.05) is 62.0 Å². The van der Waals surface area contributed by atoms with Gasteiger partial charge in [0.15, 0.2) is 0 Å².